The van der Waals surface area contributed by atoms with E-state index in [1.54, 1.807) is 0 Å². The van der Waals surface area contributed by atoms with E-state index in [1.807, 2.05) is 12.1 Å². The fourth-order valence-electron chi connectivity index (χ4n) is 3.93. The van der Waals surface area contributed by atoms with Crippen molar-refractivity contribution >= 4 is 21.8 Å². The molecule has 0 unspecified atom stereocenters. The van der Waals surface area contributed by atoms with Crippen LogP contribution in [-0.2, 0) is 31.9 Å². The molecule has 0 aliphatic carbocycles. The Morgan fingerprint density at radius 1 is 0.667 bits per heavy atom. The molecular formula is C28H28NPt-. The summed E-state index contributed by atoms with van der Waals surface area (Å²) in [5, 5.41) is 2.59. The van der Waals surface area contributed by atoms with E-state index in [9.17, 15) is 0 Å². The number of rotatable bonds is 1. The molecule has 3 aromatic carbocycles. The minimum atomic E-state index is 0. The monoisotopic (exact) mass is 573 g/mol. The van der Waals surface area contributed by atoms with E-state index in [0.29, 0.717) is 0 Å². The quantitative estimate of drug-likeness (QED) is 0.166. The van der Waals surface area contributed by atoms with E-state index in [1.165, 1.54) is 32.9 Å². The van der Waals surface area contributed by atoms with E-state index >= 15 is 0 Å². The summed E-state index contributed by atoms with van der Waals surface area (Å²) in [7, 11) is 0. The third kappa shape index (κ3) is 3.87. The van der Waals surface area contributed by atoms with Gasteiger partial charge in [-0.25, -0.2) is 0 Å². The molecule has 0 fully saturated rings. The first-order valence-electron chi connectivity index (χ1n) is 10.2. The van der Waals surface area contributed by atoms with Crippen molar-refractivity contribution in [3.8, 4) is 11.6 Å². The van der Waals surface area contributed by atoms with E-state index in [0.717, 1.165) is 11.3 Å². The minimum absolute atomic E-state index is 0. The van der Waals surface area contributed by atoms with Gasteiger partial charge in [-0.05, 0) is 46.2 Å². The molecule has 0 saturated carbocycles. The molecule has 30 heavy (non-hydrogen) atoms. The van der Waals surface area contributed by atoms with Crippen molar-refractivity contribution in [2.24, 2.45) is 0 Å². The van der Waals surface area contributed by atoms with Crippen LogP contribution in [0, 0.1) is 12.3 Å². The molecule has 0 aliphatic heterocycles. The molecule has 0 radical (unpaired) electrons. The van der Waals surface area contributed by atoms with Crippen molar-refractivity contribution < 1.29 is 21.1 Å². The molecule has 1 aromatic heterocycles. The van der Waals surface area contributed by atoms with Gasteiger partial charge in [0.1, 0.15) is 0 Å². The third-order valence-corrected chi connectivity index (χ3v) is 5.77. The van der Waals surface area contributed by atoms with Gasteiger partial charge in [0.2, 0.25) is 0 Å². The topological polar surface area (TPSA) is 4.93 Å². The van der Waals surface area contributed by atoms with Gasteiger partial charge in [0.05, 0.1) is 11.0 Å². The number of hydrogen-bond acceptors (Lipinski definition) is 0. The predicted molar refractivity (Wildman–Crippen MR) is 124 cm³/mol. The Balaban J connectivity index is 0.00000256. The maximum absolute atomic E-state index is 7.36. The average molecular weight is 574 g/mol. The van der Waals surface area contributed by atoms with Crippen molar-refractivity contribution in [2.45, 2.75) is 52.4 Å². The van der Waals surface area contributed by atoms with Gasteiger partial charge in [-0.1, -0.05) is 65.8 Å². The largest absolute Gasteiger partial charge is 0.366 e. The number of hydrogen-bond donors (Lipinski definition) is 0. The van der Waals surface area contributed by atoms with E-state index in [2.05, 4.69) is 101 Å². The van der Waals surface area contributed by atoms with Crippen LogP contribution in [0.15, 0.2) is 60.7 Å². The summed E-state index contributed by atoms with van der Waals surface area (Å²) in [6.45, 7) is 13.6. The van der Waals surface area contributed by atoms with E-state index < -0.39 is 0 Å². The van der Waals surface area contributed by atoms with Crippen molar-refractivity contribution in [1.29, 1.82) is 0 Å². The van der Waals surface area contributed by atoms with Gasteiger partial charge in [0.25, 0.3) is 0 Å². The zero-order valence-electron chi connectivity index (χ0n) is 18.5. The van der Waals surface area contributed by atoms with Gasteiger partial charge in [0, 0.05) is 37.5 Å². The van der Waals surface area contributed by atoms with Crippen LogP contribution in [0.4, 0.5) is 0 Å². The van der Waals surface area contributed by atoms with E-state index in [4.69, 9.17) is 6.42 Å². The molecule has 2 heteroatoms. The van der Waals surface area contributed by atoms with Gasteiger partial charge in [0.15, 0.2) is 0 Å². The van der Waals surface area contributed by atoms with Gasteiger partial charge in [-0.2, -0.15) is 0 Å². The molecule has 1 nitrogen and oxygen atoms in total. The van der Waals surface area contributed by atoms with Crippen LogP contribution in [0.3, 0.4) is 0 Å². The number of fused-ring (bicyclic) bond motifs is 3. The summed E-state index contributed by atoms with van der Waals surface area (Å²) in [6.07, 6.45) is 7.36. The van der Waals surface area contributed by atoms with Gasteiger partial charge in [-0.3, -0.25) is 5.92 Å². The summed E-state index contributed by atoms with van der Waals surface area (Å²) < 4.78 is 2.33. The molecule has 0 bridgehead atoms. The smallest absolute Gasteiger partial charge is 0.0541 e. The van der Waals surface area contributed by atoms with Gasteiger partial charge in [-0.15, -0.1) is 17.7 Å². The molecular weight excluding hydrogens is 545 g/mol. The molecule has 4 aromatic rings. The van der Waals surface area contributed by atoms with Crippen LogP contribution in [0.25, 0.3) is 27.5 Å². The first kappa shape index (κ1) is 22.4. The normalized spacial score (nSPS) is 12.0. The van der Waals surface area contributed by atoms with Crippen LogP contribution in [-0.4, -0.2) is 4.57 Å². The summed E-state index contributed by atoms with van der Waals surface area (Å²) in [5.41, 5.74) is 7.22. The predicted octanol–water partition coefficient (Wildman–Crippen LogP) is 7.31. The fourth-order valence-corrected chi connectivity index (χ4v) is 3.93. The molecule has 156 valence electrons. The second-order valence-electron chi connectivity index (χ2n) is 9.97. The Morgan fingerprint density at radius 3 is 1.47 bits per heavy atom. The molecule has 4 rings (SSSR count). The Labute approximate surface area is 194 Å². The van der Waals surface area contributed by atoms with Crippen LogP contribution in [0.1, 0.15) is 58.2 Å². The summed E-state index contributed by atoms with van der Waals surface area (Å²) >= 11 is 0. The molecule has 0 spiro atoms. The Bertz CT molecular complexity index is 1180. The SMILES string of the molecule is [C-]#Cc1ccc(-n2c3ccc(C(C)(C)C)cc3c3cc(C(C)(C)C)ccc32)cc1.[Pt]. The van der Waals surface area contributed by atoms with Gasteiger partial charge < -0.3 is 11.0 Å². The van der Waals surface area contributed by atoms with Crippen molar-refractivity contribution in [3.63, 3.8) is 0 Å². The Hall–Kier alpha value is -2.29. The first-order chi connectivity index (χ1) is 13.6. The zero-order valence-corrected chi connectivity index (χ0v) is 20.8. The average Bonchev–Trinajstić information content (AvgIpc) is 3.00. The maximum atomic E-state index is 7.36. The van der Waals surface area contributed by atoms with Gasteiger partial charge >= 0.3 is 0 Å². The Kier molecular flexibility index (Phi) is 5.79. The van der Waals surface area contributed by atoms with Crippen LogP contribution in [0.2, 0.25) is 0 Å². The second kappa shape index (κ2) is 7.76. The standard InChI is InChI=1S/C28H28N.Pt/c1-8-19-9-13-22(14-10-19)29-25-15-11-20(27(2,3)4)17-23(25)24-18-21(28(5,6)7)12-16-26(24)29;/h9-18H,2-7H3;/q-1;. The van der Waals surface area contributed by atoms with Crippen molar-refractivity contribution in [1.82, 2.24) is 4.57 Å². The molecule has 0 N–H and O–H groups in total. The number of benzene rings is 3. The third-order valence-electron chi connectivity index (χ3n) is 5.77. The number of aromatic nitrogens is 1. The summed E-state index contributed by atoms with van der Waals surface area (Å²) in [5.74, 6) is 2.46. The van der Waals surface area contributed by atoms with Crippen molar-refractivity contribution in [3.05, 3.63) is 83.8 Å². The number of nitrogens with zero attached hydrogens (tertiary/aromatic N) is 1. The van der Waals surface area contributed by atoms with Crippen molar-refractivity contribution in [2.75, 3.05) is 0 Å². The van der Waals surface area contributed by atoms with E-state index in [-0.39, 0.29) is 31.9 Å². The first-order valence-corrected chi connectivity index (χ1v) is 10.2. The second-order valence-corrected chi connectivity index (χ2v) is 9.97. The molecule has 0 aliphatic rings. The molecule has 0 saturated heterocycles. The fraction of sp³-hybridized carbons (Fsp3) is 0.286. The molecule has 1 heterocycles. The van der Waals surface area contributed by atoms with Crippen LogP contribution < -0.4 is 0 Å². The maximum Gasteiger partial charge on any atom is 0.0541 e. The van der Waals surface area contributed by atoms with Crippen LogP contribution >= 0.6 is 0 Å². The molecule has 0 atom stereocenters. The zero-order chi connectivity index (χ0) is 21.0. The summed E-state index contributed by atoms with van der Waals surface area (Å²) in [4.78, 5) is 0. The summed E-state index contributed by atoms with van der Waals surface area (Å²) in [6, 6.07) is 21.8. The minimum Gasteiger partial charge on any atom is -0.366 e. The molecule has 0 amide bonds. The van der Waals surface area contributed by atoms with Crippen LogP contribution in [0.5, 0.6) is 0 Å². The Morgan fingerprint density at radius 2 is 1.10 bits per heavy atom.